The second kappa shape index (κ2) is 7.12. The van der Waals surface area contributed by atoms with Crippen molar-refractivity contribution in [2.45, 2.75) is 39.5 Å². The van der Waals surface area contributed by atoms with E-state index in [0.29, 0.717) is 0 Å². The number of para-hydroxylation sites is 1. The van der Waals surface area contributed by atoms with Crippen molar-refractivity contribution in [1.29, 1.82) is 0 Å². The van der Waals surface area contributed by atoms with E-state index in [-0.39, 0.29) is 22.9 Å². The summed E-state index contributed by atoms with van der Waals surface area (Å²) >= 11 is 5.93. The molecule has 22 heavy (non-hydrogen) atoms. The van der Waals surface area contributed by atoms with Gasteiger partial charge in [-0.15, -0.1) is 0 Å². The van der Waals surface area contributed by atoms with E-state index in [1.807, 2.05) is 24.3 Å². The predicted octanol–water partition coefficient (Wildman–Crippen LogP) is 4.95. The smallest absolute Gasteiger partial charge is 0.174 e. The van der Waals surface area contributed by atoms with Crippen molar-refractivity contribution in [3.8, 4) is 5.75 Å². The Morgan fingerprint density at radius 3 is 2.27 bits per heavy atom. The van der Waals surface area contributed by atoms with E-state index in [9.17, 15) is 4.39 Å². The van der Waals surface area contributed by atoms with Crippen molar-refractivity contribution >= 4 is 11.6 Å². The number of halogens is 2. The van der Waals surface area contributed by atoms with Crippen LogP contribution in [0.25, 0.3) is 0 Å². The molecule has 0 saturated heterocycles. The topological polar surface area (TPSA) is 21.3 Å². The molecule has 0 aliphatic carbocycles. The maximum absolute atomic E-state index is 13.6. The monoisotopic (exact) mass is 321 g/mol. The summed E-state index contributed by atoms with van der Waals surface area (Å²) in [5, 5.41) is 3.72. The van der Waals surface area contributed by atoms with Gasteiger partial charge in [0.2, 0.25) is 0 Å². The number of benzene rings is 2. The molecule has 0 aromatic heterocycles. The fraction of sp³-hybridized carbons (Fsp3) is 0.333. The third-order valence-corrected chi connectivity index (χ3v) is 3.45. The van der Waals surface area contributed by atoms with Crippen LogP contribution in [0.3, 0.4) is 0 Å². The van der Waals surface area contributed by atoms with Crippen molar-refractivity contribution in [2.24, 2.45) is 0 Å². The predicted molar refractivity (Wildman–Crippen MR) is 88.8 cm³/mol. The number of nitrogens with one attached hydrogen (secondary N) is 1. The van der Waals surface area contributed by atoms with Gasteiger partial charge in [0.05, 0.1) is 5.02 Å². The van der Waals surface area contributed by atoms with Crippen LogP contribution >= 0.6 is 11.6 Å². The highest BCUT2D eigenvalue weighted by Gasteiger charge is 2.09. The molecule has 0 amide bonds. The van der Waals surface area contributed by atoms with Gasteiger partial charge in [0.25, 0.3) is 0 Å². The largest absolute Gasteiger partial charge is 0.484 e. The molecule has 0 aliphatic rings. The lowest BCUT2D eigenvalue weighted by atomic mass is 10.1. The Morgan fingerprint density at radius 2 is 1.68 bits per heavy atom. The maximum Gasteiger partial charge on any atom is 0.174 e. The van der Waals surface area contributed by atoms with Crippen LogP contribution < -0.4 is 10.1 Å². The summed E-state index contributed by atoms with van der Waals surface area (Å²) in [6.45, 7) is 7.49. The van der Waals surface area contributed by atoms with Gasteiger partial charge in [-0.3, -0.25) is 0 Å². The molecule has 2 aromatic carbocycles. The molecule has 2 aromatic rings. The second-order valence-electron chi connectivity index (χ2n) is 6.26. The Bertz CT molecular complexity index is 600. The van der Waals surface area contributed by atoms with Crippen LogP contribution in [0.5, 0.6) is 5.75 Å². The zero-order valence-corrected chi connectivity index (χ0v) is 13.9. The number of hydrogen-bond acceptors (Lipinski definition) is 2. The summed E-state index contributed by atoms with van der Waals surface area (Å²) in [4.78, 5) is 0. The summed E-state index contributed by atoms with van der Waals surface area (Å²) < 4.78 is 19.1. The number of rotatable bonds is 5. The molecule has 0 unspecified atom stereocenters. The first-order chi connectivity index (χ1) is 10.3. The van der Waals surface area contributed by atoms with E-state index in [1.165, 1.54) is 11.6 Å². The van der Waals surface area contributed by atoms with Crippen LogP contribution in [0, 0.1) is 5.82 Å². The average molecular weight is 322 g/mol. The first kappa shape index (κ1) is 16.8. The fourth-order valence-electron chi connectivity index (χ4n) is 1.90. The lowest BCUT2D eigenvalue weighted by Crippen LogP contribution is -2.35. The molecular formula is C18H21ClFNO. The van der Waals surface area contributed by atoms with E-state index in [2.05, 4.69) is 26.1 Å². The molecule has 0 heterocycles. The van der Waals surface area contributed by atoms with Gasteiger partial charge in [-0.05, 0) is 44.0 Å². The first-order valence-corrected chi connectivity index (χ1v) is 7.62. The molecular weight excluding hydrogens is 301 g/mol. The molecule has 0 radical (unpaired) electrons. The second-order valence-corrected chi connectivity index (χ2v) is 6.67. The highest BCUT2D eigenvalue weighted by atomic mass is 35.5. The molecule has 2 nitrogen and oxygen atoms in total. The third-order valence-electron chi connectivity index (χ3n) is 3.15. The standard InChI is InChI=1S/C18H21ClFNO/c1-18(2,3)21-11-13-7-9-14(10-8-13)12-22-17-15(19)5-4-6-16(17)20/h4-10,21H,11-12H2,1-3H3. The molecule has 0 atom stereocenters. The van der Waals surface area contributed by atoms with Crippen molar-refractivity contribution in [3.05, 3.63) is 64.4 Å². The van der Waals surface area contributed by atoms with Gasteiger partial charge >= 0.3 is 0 Å². The molecule has 0 spiro atoms. The molecule has 0 fully saturated rings. The van der Waals surface area contributed by atoms with Gasteiger partial charge in [-0.2, -0.15) is 0 Å². The molecule has 2 rings (SSSR count). The molecule has 1 N–H and O–H groups in total. The van der Waals surface area contributed by atoms with Gasteiger partial charge in [0.1, 0.15) is 6.61 Å². The minimum absolute atomic E-state index is 0.0867. The minimum Gasteiger partial charge on any atom is -0.484 e. The average Bonchev–Trinajstić information content (AvgIpc) is 2.45. The first-order valence-electron chi connectivity index (χ1n) is 7.25. The van der Waals surface area contributed by atoms with Crippen LogP contribution in [0.15, 0.2) is 42.5 Å². The molecule has 118 valence electrons. The fourth-order valence-corrected chi connectivity index (χ4v) is 2.11. The highest BCUT2D eigenvalue weighted by molar-refractivity contribution is 6.32. The van der Waals surface area contributed by atoms with Crippen LogP contribution in [0.4, 0.5) is 4.39 Å². The number of ether oxygens (including phenoxy) is 1. The summed E-state index contributed by atoms with van der Waals surface area (Å²) in [5.74, 6) is -0.346. The van der Waals surface area contributed by atoms with Gasteiger partial charge < -0.3 is 10.1 Å². The molecule has 0 saturated carbocycles. The van der Waals surface area contributed by atoms with Gasteiger partial charge in [0, 0.05) is 12.1 Å². The molecule has 0 aliphatic heterocycles. The molecule has 4 heteroatoms. The summed E-state index contributed by atoms with van der Waals surface area (Å²) in [7, 11) is 0. The van der Waals surface area contributed by atoms with E-state index >= 15 is 0 Å². The van der Waals surface area contributed by atoms with Gasteiger partial charge in [0.15, 0.2) is 11.6 Å². The Kier molecular flexibility index (Phi) is 5.43. The summed E-state index contributed by atoms with van der Waals surface area (Å²) in [6, 6.07) is 12.6. The quantitative estimate of drug-likeness (QED) is 0.841. The maximum atomic E-state index is 13.6. The molecule has 0 bridgehead atoms. The summed E-state index contributed by atoms with van der Waals surface area (Å²) in [5.41, 5.74) is 2.25. The Hall–Kier alpha value is -1.58. The van der Waals surface area contributed by atoms with Crippen molar-refractivity contribution in [1.82, 2.24) is 5.32 Å². The number of hydrogen-bond donors (Lipinski definition) is 1. The van der Waals surface area contributed by atoms with E-state index in [1.54, 1.807) is 12.1 Å². The van der Waals surface area contributed by atoms with Gasteiger partial charge in [-0.25, -0.2) is 4.39 Å². The van der Waals surface area contributed by atoms with E-state index in [0.717, 1.165) is 12.1 Å². The zero-order valence-electron chi connectivity index (χ0n) is 13.1. The van der Waals surface area contributed by atoms with Crippen molar-refractivity contribution < 1.29 is 9.13 Å². The van der Waals surface area contributed by atoms with E-state index < -0.39 is 5.82 Å². The van der Waals surface area contributed by atoms with Crippen molar-refractivity contribution in [3.63, 3.8) is 0 Å². The Morgan fingerprint density at radius 1 is 1.05 bits per heavy atom. The highest BCUT2D eigenvalue weighted by Crippen LogP contribution is 2.28. The van der Waals surface area contributed by atoms with Crippen molar-refractivity contribution in [2.75, 3.05) is 0 Å². The SMILES string of the molecule is CC(C)(C)NCc1ccc(COc2c(F)cccc2Cl)cc1. The normalized spacial score (nSPS) is 11.5. The lowest BCUT2D eigenvalue weighted by Gasteiger charge is -2.20. The van der Waals surface area contributed by atoms with E-state index in [4.69, 9.17) is 16.3 Å². The zero-order chi connectivity index (χ0) is 16.2. The summed E-state index contributed by atoms with van der Waals surface area (Å²) in [6.07, 6.45) is 0. The Balaban J connectivity index is 1.94. The minimum atomic E-state index is -0.446. The lowest BCUT2D eigenvalue weighted by molar-refractivity contribution is 0.290. The van der Waals surface area contributed by atoms with Gasteiger partial charge in [-0.1, -0.05) is 41.9 Å². The third kappa shape index (κ3) is 5.00. The van der Waals surface area contributed by atoms with Crippen LogP contribution in [0.1, 0.15) is 31.9 Å². The van der Waals surface area contributed by atoms with Crippen LogP contribution in [0.2, 0.25) is 5.02 Å². The Labute approximate surface area is 136 Å². The van der Waals surface area contributed by atoms with Crippen LogP contribution in [-0.4, -0.2) is 5.54 Å². The van der Waals surface area contributed by atoms with Crippen LogP contribution in [-0.2, 0) is 13.2 Å².